The van der Waals surface area contributed by atoms with Crippen LogP contribution in [-0.2, 0) is 0 Å². The van der Waals surface area contributed by atoms with Crippen molar-refractivity contribution >= 4 is 0 Å². The van der Waals surface area contributed by atoms with E-state index in [1.807, 2.05) is 0 Å². The molecule has 1 atom stereocenters. The minimum atomic E-state index is -0.218. The Morgan fingerprint density at radius 1 is 1.25 bits per heavy atom. The summed E-state index contributed by atoms with van der Waals surface area (Å²) < 4.78 is 0. The molecule has 0 saturated heterocycles. The molecule has 0 heterocycles. The third-order valence-electron chi connectivity index (χ3n) is 1.84. The monoisotopic (exact) mass is 167 g/mol. The molecule has 0 aromatic heterocycles. The number of phenols is 2. The summed E-state index contributed by atoms with van der Waals surface area (Å²) in [7, 11) is 0. The average Bonchev–Trinajstić information content (AvgIpc) is 1.96. The van der Waals surface area contributed by atoms with Gasteiger partial charge >= 0.3 is 0 Å². The van der Waals surface area contributed by atoms with Gasteiger partial charge in [-0.25, -0.2) is 0 Å². The van der Waals surface area contributed by atoms with Gasteiger partial charge in [0.1, 0.15) is 11.5 Å². The van der Waals surface area contributed by atoms with Crippen LogP contribution in [-0.4, -0.2) is 10.2 Å². The molecule has 0 radical (unpaired) electrons. The summed E-state index contributed by atoms with van der Waals surface area (Å²) in [6, 6.07) is 2.79. The van der Waals surface area contributed by atoms with Gasteiger partial charge in [-0.15, -0.1) is 0 Å². The van der Waals surface area contributed by atoms with Gasteiger partial charge in [-0.1, -0.05) is 0 Å². The Kier molecular flexibility index (Phi) is 2.24. The van der Waals surface area contributed by atoms with Gasteiger partial charge in [0.2, 0.25) is 0 Å². The van der Waals surface area contributed by atoms with E-state index in [-0.39, 0.29) is 17.5 Å². The molecule has 3 heteroatoms. The molecule has 0 amide bonds. The third kappa shape index (κ3) is 1.51. The summed E-state index contributed by atoms with van der Waals surface area (Å²) in [6.07, 6.45) is 0. The molecule has 1 aromatic carbocycles. The Labute approximate surface area is 71.5 Å². The molecular formula is C9H13NO2. The molecule has 0 aliphatic carbocycles. The molecule has 0 bridgehead atoms. The topological polar surface area (TPSA) is 66.5 Å². The number of hydrogen-bond acceptors (Lipinski definition) is 3. The van der Waals surface area contributed by atoms with Crippen LogP contribution in [0.25, 0.3) is 0 Å². The predicted octanol–water partition coefficient (Wildman–Crippen LogP) is 1.43. The van der Waals surface area contributed by atoms with Gasteiger partial charge in [-0.05, 0) is 25.5 Å². The first-order valence-corrected chi connectivity index (χ1v) is 3.80. The lowest BCUT2D eigenvalue weighted by Crippen LogP contribution is -2.05. The number of aromatic hydroxyl groups is 2. The first-order chi connectivity index (χ1) is 5.52. The van der Waals surface area contributed by atoms with E-state index < -0.39 is 0 Å². The predicted molar refractivity (Wildman–Crippen MR) is 47.1 cm³/mol. The molecule has 1 unspecified atom stereocenters. The number of rotatable bonds is 1. The lowest BCUT2D eigenvalue weighted by molar-refractivity contribution is 0.441. The molecule has 0 aliphatic rings. The van der Waals surface area contributed by atoms with Crippen LogP contribution in [0.5, 0.6) is 11.5 Å². The second-order valence-corrected chi connectivity index (χ2v) is 2.99. The van der Waals surface area contributed by atoms with Crippen LogP contribution >= 0.6 is 0 Å². The van der Waals surface area contributed by atoms with Gasteiger partial charge in [-0.3, -0.25) is 0 Å². The lowest BCUT2D eigenvalue weighted by atomic mass is 10.0. The molecule has 0 spiro atoms. The van der Waals surface area contributed by atoms with Gasteiger partial charge in [-0.2, -0.15) is 0 Å². The number of phenolic OH excluding ortho intramolecular Hbond substituents is 2. The summed E-state index contributed by atoms with van der Waals surface area (Å²) in [6.45, 7) is 3.55. The average molecular weight is 167 g/mol. The highest BCUT2D eigenvalue weighted by Gasteiger charge is 2.08. The highest BCUT2D eigenvalue weighted by molar-refractivity contribution is 5.45. The Bertz CT molecular complexity index is 295. The fourth-order valence-electron chi connectivity index (χ4n) is 1.07. The van der Waals surface area contributed by atoms with E-state index in [1.54, 1.807) is 19.9 Å². The number of hydrogen-bond donors (Lipinski definition) is 3. The lowest BCUT2D eigenvalue weighted by Gasteiger charge is -2.10. The zero-order valence-corrected chi connectivity index (χ0v) is 7.20. The van der Waals surface area contributed by atoms with Crippen molar-refractivity contribution in [2.45, 2.75) is 19.9 Å². The number of aryl methyl sites for hydroxylation is 1. The summed E-state index contributed by atoms with van der Waals surface area (Å²) in [4.78, 5) is 0. The highest BCUT2D eigenvalue weighted by atomic mass is 16.3. The Morgan fingerprint density at radius 3 is 2.33 bits per heavy atom. The number of benzene rings is 1. The van der Waals surface area contributed by atoms with E-state index in [0.717, 1.165) is 5.56 Å². The van der Waals surface area contributed by atoms with Crippen molar-refractivity contribution in [3.8, 4) is 11.5 Å². The van der Waals surface area contributed by atoms with Gasteiger partial charge in [0, 0.05) is 17.7 Å². The maximum Gasteiger partial charge on any atom is 0.124 e. The summed E-state index contributed by atoms with van der Waals surface area (Å²) in [5.41, 5.74) is 6.97. The van der Waals surface area contributed by atoms with E-state index in [2.05, 4.69) is 0 Å². The molecule has 1 rings (SSSR count). The molecular weight excluding hydrogens is 154 g/mol. The van der Waals surface area contributed by atoms with E-state index in [0.29, 0.717) is 5.56 Å². The van der Waals surface area contributed by atoms with Crippen molar-refractivity contribution < 1.29 is 10.2 Å². The molecule has 12 heavy (non-hydrogen) atoms. The standard InChI is InChI=1S/C9H13NO2/c1-5-3-7(6(2)10)9(12)4-8(5)11/h3-4,6,11-12H,10H2,1-2H3. The number of nitrogens with two attached hydrogens (primary N) is 1. The molecule has 0 aliphatic heterocycles. The first kappa shape index (κ1) is 8.87. The van der Waals surface area contributed by atoms with E-state index in [9.17, 15) is 10.2 Å². The van der Waals surface area contributed by atoms with Gasteiger partial charge in [0.25, 0.3) is 0 Å². The van der Waals surface area contributed by atoms with Crippen molar-refractivity contribution in [2.75, 3.05) is 0 Å². The van der Waals surface area contributed by atoms with Gasteiger partial charge < -0.3 is 15.9 Å². The zero-order valence-electron chi connectivity index (χ0n) is 7.20. The molecule has 0 fully saturated rings. The fourth-order valence-corrected chi connectivity index (χ4v) is 1.07. The normalized spacial score (nSPS) is 12.9. The quantitative estimate of drug-likeness (QED) is 0.592. The van der Waals surface area contributed by atoms with E-state index >= 15 is 0 Å². The Hall–Kier alpha value is -1.22. The van der Waals surface area contributed by atoms with E-state index in [4.69, 9.17) is 5.73 Å². The summed E-state index contributed by atoms with van der Waals surface area (Å²) in [5, 5.41) is 18.6. The van der Waals surface area contributed by atoms with Crippen LogP contribution in [0, 0.1) is 6.92 Å². The SMILES string of the molecule is Cc1cc(C(C)N)c(O)cc1O. The van der Waals surface area contributed by atoms with Crippen molar-refractivity contribution in [1.29, 1.82) is 0 Å². The fraction of sp³-hybridized carbons (Fsp3) is 0.333. The maximum absolute atomic E-state index is 9.35. The second-order valence-electron chi connectivity index (χ2n) is 2.99. The van der Waals surface area contributed by atoms with Crippen LogP contribution in [0.1, 0.15) is 24.1 Å². The molecule has 4 N–H and O–H groups in total. The molecule has 3 nitrogen and oxygen atoms in total. The van der Waals surface area contributed by atoms with Crippen LogP contribution in [0.3, 0.4) is 0 Å². The Morgan fingerprint density at radius 2 is 1.83 bits per heavy atom. The second kappa shape index (κ2) is 3.03. The molecule has 0 saturated carbocycles. The minimum Gasteiger partial charge on any atom is -0.508 e. The third-order valence-corrected chi connectivity index (χ3v) is 1.84. The first-order valence-electron chi connectivity index (χ1n) is 3.80. The smallest absolute Gasteiger partial charge is 0.124 e. The molecule has 1 aromatic rings. The van der Waals surface area contributed by atoms with Crippen LogP contribution in [0.15, 0.2) is 12.1 Å². The van der Waals surface area contributed by atoms with Gasteiger partial charge in [0.05, 0.1) is 0 Å². The highest BCUT2D eigenvalue weighted by Crippen LogP contribution is 2.29. The van der Waals surface area contributed by atoms with Crippen molar-refractivity contribution in [3.63, 3.8) is 0 Å². The van der Waals surface area contributed by atoms with Crippen molar-refractivity contribution in [3.05, 3.63) is 23.3 Å². The zero-order chi connectivity index (χ0) is 9.30. The molecule has 66 valence electrons. The summed E-state index contributed by atoms with van der Waals surface area (Å²) in [5.74, 6) is 0.144. The van der Waals surface area contributed by atoms with Crippen LogP contribution < -0.4 is 5.73 Å². The maximum atomic E-state index is 9.35. The van der Waals surface area contributed by atoms with Crippen LogP contribution in [0.4, 0.5) is 0 Å². The van der Waals surface area contributed by atoms with Gasteiger partial charge in [0.15, 0.2) is 0 Å². The largest absolute Gasteiger partial charge is 0.508 e. The van der Waals surface area contributed by atoms with E-state index in [1.165, 1.54) is 6.07 Å². The minimum absolute atomic E-state index is 0.0492. The summed E-state index contributed by atoms with van der Waals surface area (Å²) >= 11 is 0. The van der Waals surface area contributed by atoms with Crippen molar-refractivity contribution in [2.24, 2.45) is 5.73 Å². The van der Waals surface area contributed by atoms with Crippen LogP contribution in [0.2, 0.25) is 0 Å². The van der Waals surface area contributed by atoms with Crippen molar-refractivity contribution in [1.82, 2.24) is 0 Å². The Balaban J connectivity index is 3.23.